The number of amides is 1. The van der Waals surface area contributed by atoms with Crippen LogP contribution in [-0.2, 0) is 16.6 Å². The van der Waals surface area contributed by atoms with Gasteiger partial charge in [0, 0.05) is 34.4 Å². The van der Waals surface area contributed by atoms with E-state index in [4.69, 9.17) is 0 Å². The molecule has 4 rings (SSSR count). The van der Waals surface area contributed by atoms with Crippen molar-refractivity contribution in [1.29, 1.82) is 0 Å². The molecule has 1 aromatic rings. The van der Waals surface area contributed by atoms with Crippen LogP contribution < -0.4 is 5.32 Å². The van der Waals surface area contributed by atoms with Crippen molar-refractivity contribution in [2.75, 3.05) is 6.26 Å². The van der Waals surface area contributed by atoms with Crippen LogP contribution in [0.2, 0.25) is 0 Å². The van der Waals surface area contributed by atoms with E-state index in [2.05, 4.69) is 5.32 Å². The molecule has 6 atom stereocenters. The van der Waals surface area contributed by atoms with Gasteiger partial charge in [-0.3, -0.25) is 9.00 Å². The van der Waals surface area contributed by atoms with Gasteiger partial charge < -0.3 is 5.32 Å². The molecule has 1 aromatic carbocycles. The summed E-state index contributed by atoms with van der Waals surface area (Å²) >= 11 is 0. The maximum absolute atomic E-state index is 12.6. The normalized spacial score (nSPS) is 36.0. The molecule has 2 bridgehead atoms. The highest BCUT2D eigenvalue weighted by molar-refractivity contribution is 7.83. The molecular formula is C19H25NO2S. The molecule has 1 N–H and O–H groups in total. The average molecular weight is 331 g/mol. The highest BCUT2D eigenvalue weighted by atomic mass is 32.2. The summed E-state index contributed by atoms with van der Waals surface area (Å²) in [5.41, 5.74) is 1.68. The van der Waals surface area contributed by atoms with Crippen molar-refractivity contribution >= 4 is 16.7 Å². The molecule has 0 heterocycles. The monoisotopic (exact) mass is 331 g/mol. The summed E-state index contributed by atoms with van der Waals surface area (Å²) in [5.74, 6) is 3.94. The zero-order valence-corrected chi connectivity index (χ0v) is 14.5. The fourth-order valence-electron chi connectivity index (χ4n) is 5.52. The molecule has 3 saturated carbocycles. The largest absolute Gasteiger partial charge is 0.349 e. The fourth-order valence-corrected chi connectivity index (χ4v) is 6.17. The highest BCUT2D eigenvalue weighted by Gasteiger charge is 2.54. The second-order valence-corrected chi connectivity index (χ2v) is 9.09. The summed E-state index contributed by atoms with van der Waals surface area (Å²) in [4.78, 5) is 12.6. The Bertz CT molecular complexity index is 644. The molecule has 3 nitrogen and oxygen atoms in total. The smallest absolute Gasteiger partial charge is 0.251 e. The minimum atomic E-state index is -0.878. The van der Waals surface area contributed by atoms with Crippen molar-refractivity contribution in [3.05, 3.63) is 35.4 Å². The standard InChI is InChI=1S/C19H25NO2S/c1-23(22)11-12-4-2-5-13(8-12)19(21)20-18-10-14-9-17(18)16-7-3-6-15(14)16/h2,4-5,8,14-18H,3,6-7,9-11H2,1H3,(H,20,21). The van der Waals surface area contributed by atoms with E-state index in [-0.39, 0.29) is 5.91 Å². The summed E-state index contributed by atoms with van der Waals surface area (Å²) < 4.78 is 11.4. The van der Waals surface area contributed by atoms with Gasteiger partial charge in [0.25, 0.3) is 5.91 Å². The number of fused-ring (bicyclic) bond motifs is 5. The Balaban J connectivity index is 1.44. The van der Waals surface area contributed by atoms with Gasteiger partial charge in [-0.25, -0.2) is 0 Å². The van der Waals surface area contributed by atoms with Gasteiger partial charge in [0.2, 0.25) is 0 Å². The van der Waals surface area contributed by atoms with Gasteiger partial charge >= 0.3 is 0 Å². The summed E-state index contributed by atoms with van der Waals surface area (Å²) in [6.07, 6.45) is 8.38. The molecule has 0 radical (unpaired) electrons. The molecule has 23 heavy (non-hydrogen) atoms. The van der Waals surface area contributed by atoms with Crippen molar-refractivity contribution in [2.45, 2.75) is 43.9 Å². The Morgan fingerprint density at radius 1 is 1.22 bits per heavy atom. The van der Waals surface area contributed by atoms with Crippen LogP contribution in [0.25, 0.3) is 0 Å². The summed E-state index contributed by atoms with van der Waals surface area (Å²) in [7, 11) is -0.878. The van der Waals surface area contributed by atoms with Crippen LogP contribution >= 0.6 is 0 Å². The molecular weight excluding hydrogens is 306 g/mol. The van der Waals surface area contributed by atoms with Crippen molar-refractivity contribution in [2.24, 2.45) is 23.7 Å². The van der Waals surface area contributed by atoms with E-state index in [0.29, 0.717) is 23.3 Å². The van der Waals surface area contributed by atoms with Gasteiger partial charge in [-0.1, -0.05) is 18.6 Å². The number of hydrogen-bond donors (Lipinski definition) is 1. The summed E-state index contributed by atoms with van der Waals surface area (Å²) in [6, 6.07) is 7.96. The van der Waals surface area contributed by atoms with Gasteiger partial charge in [-0.05, 0) is 67.1 Å². The van der Waals surface area contributed by atoms with Crippen molar-refractivity contribution in [3.8, 4) is 0 Å². The Hall–Kier alpha value is -1.16. The molecule has 124 valence electrons. The Labute approximate surface area is 140 Å². The second kappa shape index (κ2) is 6.04. The Morgan fingerprint density at radius 2 is 2.04 bits per heavy atom. The Morgan fingerprint density at radius 3 is 2.87 bits per heavy atom. The first-order valence-corrected chi connectivity index (χ1v) is 10.5. The third-order valence-electron chi connectivity index (χ3n) is 6.30. The molecule has 6 unspecified atom stereocenters. The number of rotatable bonds is 4. The van der Waals surface area contributed by atoms with Gasteiger partial charge in [0.15, 0.2) is 0 Å². The topological polar surface area (TPSA) is 46.2 Å². The zero-order valence-electron chi connectivity index (χ0n) is 13.7. The summed E-state index contributed by atoms with van der Waals surface area (Å²) in [6.45, 7) is 0. The first-order chi connectivity index (χ1) is 11.1. The number of carbonyl (C=O) groups is 1. The van der Waals surface area contributed by atoms with Crippen LogP contribution in [0.5, 0.6) is 0 Å². The van der Waals surface area contributed by atoms with Crippen LogP contribution in [0.4, 0.5) is 0 Å². The van der Waals surface area contributed by atoms with Gasteiger partial charge in [0.1, 0.15) is 0 Å². The molecule has 3 fully saturated rings. The molecule has 0 spiro atoms. The Kier molecular flexibility index (Phi) is 4.04. The van der Waals surface area contributed by atoms with Gasteiger partial charge in [-0.2, -0.15) is 0 Å². The molecule has 1 amide bonds. The van der Waals surface area contributed by atoms with E-state index in [0.717, 1.165) is 23.3 Å². The summed E-state index contributed by atoms with van der Waals surface area (Å²) in [5, 5.41) is 3.30. The molecule has 0 aromatic heterocycles. The number of carbonyl (C=O) groups excluding carboxylic acids is 1. The molecule has 3 aliphatic carbocycles. The quantitative estimate of drug-likeness (QED) is 0.921. The molecule has 0 saturated heterocycles. The maximum atomic E-state index is 12.6. The van der Waals surface area contributed by atoms with E-state index >= 15 is 0 Å². The third-order valence-corrected chi connectivity index (χ3v) is 7.04. The first-order valence-electron chi connectivity index (χ1n) is 8.81. The minimum absolute atomic E-state index is 0.0424. The second-order valence-electron chi connectivity index (χ2n) is 7.65. The molecule has 4 heteroatoms. The van der Waals surface area contributed by atoms with Crippen LogP contribution in [-0.4, -0.2) is 22.4 Å². The van der Waals surface area contributed by atoms with Crippen LogP contribution in [0.15, 0.2) is 24.3 Å². The predicted octanol–water partition coefficient (Wildman–Crippen LogP) is 3.12. The van der Waals surface area contributed by atoms with Crippen LogP contribution in [0.3, 0.4) is 0 Å². The number of benzene rings is 1. The lowest BCUT2D eigenvalue weighted by atomic mass is 9.79. The van der Waals surface area contributed by atoms with E-state index in [1.165, 1.54) is 32.1 Å². The van der Waals surface area contributed by atoms with Crippen LogP contribution in [0, 0.1) is 23.7 Å². The molecule has 0 aliphatic heterocycles. The van der Waals surface area contributed by atoms with Crippen molar-refractivity contribution < 1.29 is 9.00 Å². The lowest BCUT2D eigenvalue weighted by Gasteiger charge is -2.32. The zero-order chi connectivity index (χ0) is 16.0. The van der Waals surface area contributed by atoms with E-state index in [1.54, 1.807) is 6.26 Å². The maximum Gasteiger partial charge on any atom is 0.251 e. The first kappa shape index (κ1) is 15.4. The fraction of sp³-hybridized carbons (Fsp3) is 0.632. The molecule has 3 aliphatic rings. The minimum Gasteiger partial charge on any atom is -0.349 e. The van der Waals surface area contributed by atoms with E-state index in [9.17, 15) is 9.00 Å². The van der Waals surface area contributed by atoms with Gasteiger partial charge in [-0.15, -0.1) is 0 Å². The predicted molar refractivity (Wildman–Crippen MR) is 92.5 cm³/mol. The number of hydrogen-bond acceptors (Lipinski definition) is 2. The lowest BCUT2D eigenvalue weighted by Crippen LogP contribution is -2.42. The number of nitrogens with one attached hydrogen (secondary N) is 1. The highest BCUT2D eigenvalue weighted by Crippen LogP contribution is 2.58. The lowest BCUT2D eigenvalue weighted by molar-refractivity contribution is 0.0901. The van der Waals surface area contributed by atoms with E-state index < -0.39 is 10.8 Å². The third kappa shape index (κ3) is 2.86. The SMILES string of the molecule is CS(=O)Cc1cccc(C(=O)NC2CC3CC2C2CCCC32)c1. The van der Waals surface area contributed by atoms with E-state index in [1.807, 2.05) is 24.3 Å². The van der Waals surface area contributed by atoms with Crippen molar-refractivity contribution in [3.63, 3.8) is 0 Å². The van der Waals surface area contributed by atoms with Crippen molar-refractivity contribution in [1.82, 2.24) is 5.32 Å². The van der Waals surface area contributed by atoms with Crippen LogP contribution in [0.1, 0.15) is 48.0 Å². The average Bonchev–Trinajstić information content (AvgIpc) is 3.19. The van der Waals surface area contributed by atoms with Gasteiger partial charge in [0.05, 0.1) is 0 Å².